The lowest BCUT2D eigenvalue weighted by molar-refractivity contribution is 0.146. The predicted octanol–water partition coefficient (Wildman–Crippen LogP) is 4.85. The molecule has 1 aliphatic rings. The average Bonchev–Trinajstić information content (AvgIpc) is 3.64. The molecular weight excluding hydrogens is 390 g/mol. The van der Waals surface area contributed by atoms with E-state index in [1.807, 2.05) is 54.7 Å². The number of allylic oxidation sites excluding steroid dienone is 1. The number of rotatable bonds is 10. The van der Waals surface area contributed by atoms with E-state index in [-0.39, 0.29) is 0 Å². The van der Waals surface area contributed by atoms with Crippen LogP contribution in [0.4, 0.5) is 0 Å². The fourth-order valence-electron chi connectivity index (χ4n) is 3.27. The molecule has 1 fully saturated rings. The Labute approximate surface area is 182 Å². The maximum Gasteiger partial charge on any atom is 0.226 e. The Morgan fingerprint density at radius 3 is 2.65 bits per heavy atom. The minimum atomic E-state index is 0.476. The molecule has 0 radical (unpaired) electrons. The number of nitrogens with zero attached hydrogens (tertiary/aromatic N) is 2. The minimum absolute atomic E-state index is 0.476. The maximum atomic E-state index is 6.24. The van der Waals surface area contributed by atoms with Gasteiger partial charge in [-0.05, 0) is 73.3 Å². The second kappa shape index (κ2) is 10.1. The van der Waals surface area contributed by atoms with E-state index in [1.165, 1.54) is 0 Å². The van der Waals surface area contributed by atoms with E-state index in [0.717, 1.165) is 47.5 Å². The van der Waals surface area contributed by atoms with Gasteiger partial charge in [0.1, 0.15) is 18.1 Å². The number of ether oxygens (including phenoxy) is 3. The molecule has 1 saturated carbocycles. The van der Waals surface area contributed by atoms with Gasteiger partial charge in [0.05, 0.1) is 6.61 Å². The first-order valence-electron chi connectivity index (χ1n) is 10.5. The molecule has 3 aromatic rings. The van der Waals surface area contributed by atoms with Crippen LogP contribution in [0.1, 0.15) is 29.9 Å². The topological polar surface area (TPSA) is 79.5 Å². The van der Waals surface area contributed by atoms with Crippen LogP contribution in [-0.4, -0.2) is 30.3 Å². The number of benzene rings is 2. The summed E-state index contributed by atoms with van der Waals surface area (Å²) in [6, 6.07) is 15.7. The third-order valence-electron chi connectivity index (χ3n) is 5.07. The number of hydrogen-bond donors (Lipinski definition) is 1. The van der Waals surface area contributed by atoms with E-state index < -0.39 is 0 Å². The first kappa shape index (κ1) is 20.9. The second-order valence-electron chi connectivity index (χ2n) is 7.48. The van der Waals surface area contributed by atoms with Crippen LogP contribution in [0, 0.1) is 0 Å². The molecule has 6 heteroatoms. The van der Waals surface area contributed by atoms with E-state index in [1.54, 1.807) is 13.3 Å². The second-order valence-corrected chi connectivity index (χ2v) is 7.48. The lowest BCUT2D eigenvalue weighted by Gasteiger charge is -2.12. The number of hydrogen-bond acceptors (Lipinski definition) is 6. The summed E-state index contributed by atoms with van der Waals surface area (Å²) in [6.45, 7) is 1.07. The van der Waals surface area contributed by atoms with Gasteiger partial charge in [-0.1, -0.05) is 18.2 Å². The minimum Gasteiger partial charge on any atom is -0.491 e. The molecule has 0 aliphatic heterocycles. The largest absolute Gasteiger partial charge is 0.491 e. The normalized spacial score (nSPS) is 13.5. The van der Waals surface area contributed by atoms with Crippen LogP contribution in [-0.2, 0) is 11.2 Å². The molecule has 1 aliphatic carbocycles. The van der Waals surface area contributed by atoms with Gasteiger partial charge in [0, 0.05) is 24.4 Å². The van der Waals surface area contributed by atoms with Gasteiger partial charge >= 0.3 is 0 Å². The zero-order chi connectivity index (χ0) is 21.5. The highest BCUT2D eigenvalue weighted by Gasteiger charge is 2.29. The number of nitrogens with two attached hydrogens (primary N) is 1. The van der Waals surface area contributed by atoms with Gasteiger partial charge in [-0.3, -0.25) is 0 Å². The summed E-state index contributed by atoms with van der Waals surface area (Å²) >= 11 is 0. The summed E-state index contributed by atoms with van der Waals surface area (Å²) in [5, 5.41) is 0. The predicted molar refractivity (Wildman–Crippen MR) is 120 cm³/mol. The van der Waals surface area contributed by atoms with Gasteiger partial charge in [-0.25, -0.2) is 4.98 Å². The van der Waals surface area contributed by atoms with Crippen LogP contribution in [0.15, 0.2) is 67.0 Å². The van der Waals surface area contributed by atoms with Crippen molar-refractivity contribution >= 4 is 0 Å². The van der Waals surface area contributed by atoms with E-state index in [0.29, 0.717) is 30.8 Å². The Bertz CT molecular complexity index is 1030. The highest BCUT2D eigenvalue weighted by Crippen LogP contribution is 2.44. The van der Waals surface area contributed by atoms with Crippen LogP contribution in [0.5, 0.6) is 17.4 Å². The SMILES string of the molecule is COCCOc1ccc(-c2ncc(C3CC3)c(Oc3cccc(CC=CN)c3)n2)cc1. The molecule has 2 N–H and O–H groups in total. The zero-order valence-corrected chi connectivity index (χ0v) is 17.7. The van der Waals surface area contributed by atoms with E-state index in [9.17, 15) is 0 Å². The molecule has 31 heavy (non-hydrogen) atoms. The highest BCUT2D eigenvalue weighted by molar-refractivity contribution is 5.57. The molecule has 0 bridgehead atoms. The van der Waals surface area contributed by atoms with E-state index in [2.05, 4.69) is 11.1 Å². The van der Waals surface area contributed by atoms with Gasteiger partial charge in [0.25, 0.3) is 0 Å². The summed E-state index contributed by atoms with van der Waals surface area (Å²) in [4.78, 5) is 9.37. The van der Waals surface area contributed by atoms with Gasteiger partial charge in [0.2, 0.25) is 5.88 Å². The van der Waals surface area contributed by atoms with Crippen molar-refractivity contribution in [2.45, 2.75) is 25.2 Å². The van der Waals surface area contributed by atoms with Crippen LogP contribution in [0.3, 0.4) is 0 Å². The fourth-order valence-corrected chi connectivity index (χ4v) is 3.27. The van der Waals surface area contributed by atoms with Gasteiger partial charge in [-0.2, -0.15) is 4.98 Å². The maximum absolute atomic E-state index is 6.24. The summed E-state index contributed by atoms with van der Waals surface area (Å²) in [6.07, 6.45) is 8.43. The van der Waals surface area contributed by atoms with Crippen molar-refractivity contribution in [1.29, 1.82) is 0 Å². The fraction of sp³-hybridized carbons (Fsp3) is 0.280. The monoisotopic (exact) mass is 417 g/mol. The molecule has 2 aromatic carbocycles. The number of aromatic nitrogens is 2. The highest BCUT2D eigenvalue weighted by atomic mass is 16.5. The van der Waals surface area contributed by atoms with Crippen LogP contribution in [0.25, 0.3) is 11.4 Å². The van der Waals surface area contributed by atoms with Crippen molar-refractivity contribution in [3.63, 3.8) is 0 Å². The van der Waals surface area contributed by atoms with Gasteiger partial charge in [0.15, 0.2) is 5.82 Å². The van der Waals surface area contributed by atoms with Gasteiger partial charge < -0.3 is 19.9 Å². The van der Waals surface area contributed by atoms with E-state index >= 15 is 0 Å². The first-order valence-corrected chi connectivity index (χ1v) is 10.5. The van der Waals surface area contributed by atoms with Crippen LogP contribution >= 0.6 is 0 Å². The Morgan fingerprint density at radius 1 is 1.06 bits per heavy atom. The average molecular weight is 418 g/mol. The van der Waals surface area contributed by atoms with Crippen molar-refractivity contribution in [3.8, 4) is 28.8 Å². The third-order valence-corrected chi connectivity index (χ3v) is 5.07. The van der Waals surface area contributed by atoms with Crippen molar-refractivity contribution in [3.05, 3.63) is 78.1 Å². The molecular formula is C25H27N3O3. The molecule has 160 valence electrons. The summed E-state index contributed by atoms with van der Waals surface area (Å²) < 4.78 is 16.9. The van der Waals surface area contributed by atoms with Crippen molar-refractivity contribution in [1.82, 2.24) is 9.97 Å². The van der Waals surface area contributed by atoms with Crippen LogP contribution in [0.2, 0.25) is 0 Å². The Kier molecular flexibility index (Phi) is 6.79. The summed E-state index contributed by atoms with van der Waals surface area (Å²) in [7, 11) is 1.65. The lowest BCUT2D eigenvalue weighted by atomic mass is 10.1. The van der Waals surface area contributed by atoms with Crippen molar-refractivity contribution in [2.75, 3.05) is 20.3 Å². The molecule has 1 aromatic heterocycles. The van der Waals surface area contributed by atoms with Crippen molar-refractivity contribution in [2.24, 2.45) is 5.73 Å². The van der Waals surface area contributed by atoms with Gasteiger partial charge in [-0.15, -0.1) is 0 Å². The number of methoxy groups -OCH3 is 1. The molecule has 0 spiro atoms. The van der Waals surface area contributed by atoms with E-state index in [4.69, 9.17) is 24.9 Å². The Hall–Kier alpha value is -3.38. The molecule has 6 nitrogen and oxygen atoms in total. The molecule has 0 saturated heterocycles. The zero-order valence-electron chi connectivity index (χ0n) is 17.7. The smallest absolute Gasteiger partial charge is 0.226 e. The molecule has 0 amide bonds. The standard InChI is InChI=1S/C25H27N3O3/c1-29-14-15-30-21-11-9-20(10-12-21)24-27-17-23(19-7-8-19)25(28-24)31-22-6-2-4-18(16-22)5-3-13-26/h2-4,6,9-13,16-17,19H,5,7-8,14-15,26H2,1H3. The Morgan fingerprint density at radius 2 is 1.90 bits per heavy atom. The molecule has 0 atom stereocenters. The summed E-state index contributed by atoms with van der Waals surface area (Å²) in [5.41, 5.74) is 8.57. The lowest BCUT2D eigenvalue weighted by Crippen LogP contribution is -2.04. The van der Waals surface area contributed by atoms with Crippen LogP contribution < -0.4 is 15.2 Å². The molecule has 0 unspecified atom stereocenters. The first-order chi connectivity index (χ1) is 15.3. The summed E-state index contributed by atoms with van der Waals surface area (Å²) in [5.74, 6) is 3.28. The molecule has 1 heterocycles. The molecule has 4 rings (SSSR count). The Balaban J connectivity index is 1.56. The van der Waals surface area contributed by atoms with Crippen molar-refractivity contribution < 1.29 is 14.2 Å². The third kappa shape index (κ3) is 5.61. The quantitative estimate of drug-likeness (QED) is 0.475.